The third-order valence-corrected chi connectivity index (χ3v) is 3.23. The fourth-order valence-electron chi connectivity index (χ4n) is 1.90. The average Bonchev–Trinajstić information content (AvgIpc) is 2.20. The molecule has 0 aromatic heterocycles. The summed E-state index contributed by atoms with van der Waals surface area (Å²) in [6, 6.07) is 5.43. The predicted molar refractivity (Wildman–Crippen MR) is 77.3 cm³/mol. The Morgan fingerprint density at radius 1 is 1.28 bits per heavy atom. The van der Waals surface area contributed by atoms with E-state index in [1.807, 2.05) is 37.2 Å². The Kier molecular flexibility index (Phi) is 5.89. The van der Waals surface area contributed by atoms with Gasteiger partial charge >= 0.3 is 0 Å². The first-order valence-electron chi connectivity index (χ1n) is 5.82. The summed E-state index contributed by atoms with van der Waals surface area (Å²) in [6.07, 6.45) is 0. The molecule has 3 nitrogen and oxygen atoms in total. The zero-order valence-electron chi connectivity index (χ0n) is 11.0. The molecule has 0 spiro atoms. The van der Waals surface area contributed by atoms with Gasteiger partial charge in [-0.2, -0.15) is 0 Å². The van der Waals surface area contributed by atoms with E-state index >= 15 is 0 Å². The summed E-state index contributed by atoms with van der Waals surface area (Å²) in [5, 5.41) is 14.6. The molecule has 1 aromatic rings. The van der Waals surface area contributed by atoms with Gasteiger partial charge in [-0.15, -0.1) is 0 Å². The molecule has 0 aliphatic carbocycles. The van der Waals surface area contributed by atoms with Crippen LogP contribution in [-0.2, 0) is 6.54 Å². The molecular weight excluding hydrogens is 271 g/mol. The maximum absolute atomic E-state index is 10.1. The van der Waals surface area contributed by atoms with Crippen LogP contribution in [0.2, 0.25) is 10.0 Å². The maximum Gasteiger partial charge on any atom is 0.0869 e. The first kappa shape index (κ1) is 15.7. The minimum absolute atomic E-state index is 0.479. The van der Waals surface area contributed by atoms with Gasteiger partial charge < -0.3 is 15.3 Å². The van der Waals surface area contributed by atoms with Crippen LogP contribution in [0.5, 0.6) is 0 Å². The van der Waals surface area contributed by atoms with E-state index in [-0.39, 0.29) is 0 Å². The van der Waals surface area contributed by atoms with Gasteiger partial charge in [0.15, 0.2) is 0 Å². The fourth-order valence-corrected chi connectivity index (χ4v) is 2.43. The van der Waals surface area contributed by atoms with Gasteiger partial charge in [-0.25, -0.2) is 0 Å². The van der Waals surface area contributed by atoms with Crippen LogP contribution in [0.25, 0.3) is 0 Å². The van der Waals surface area contributed by atoms with Crippen LogP contribution in [0.4, 0.5) is 0 Å². The summed E-state index contributed by atoms with van der Waals surface area (Å²) in [5.74, 6) is 0. The molecule has 0 fully saturated rings. The van der Waals surface area contributed by atoms with Crippen LogP contribution in [0, 0.1) is 0 Å². The molecule has 0 saturated carbocycles. The standard InChI is InChI=1S/C13H20Cl2N2O/c1-13(18,9-17(2)3)8-16-7-10-11(14)5-4-6-12(10)15/h4-6,16,18H,7-9H2,1-3H3. The van der Waals surface area contributed by atoms with E-state index in [0.717, 1.165) is 5.56 Å². The molecule has 0 aliphatic rings. The van der Waals surface area contributed by atoms with Crippen molar-refractivity contribution >= 4 is 23.2 Å². The zero-order chi connectivity index (χ0) is 13.8. The monoisotopic (exact) mass is 290 g/mol. The molecule has 0 aliphatic heterocycles. The Morgan fingerprint density at radius 2 is 1.83 bits per heavy atom. The summed E-state index contributed by atoms with van der Waals surface area (Å²) in [7, 11) is 3.86. The molecule has 5 heteroatoms. The number of likely N-dealkylation sites (N-methyl/N-ethyl adjacent to an activating group) is 1. The van der Waals surface area contributed by atoms with E-state index in [9.17, 15) is 5.11 Å². The van der Waals surface area contributed by atoms with Crippen molar-refractivity contribution in [3.63, 3.8) is 0 Å². The van der Waals surface area contributed by atoms with Crippen LogP contribution < -0.4 is 5.32 Å². The zero-order valence-corrected chi connectivity index (χ0v) is 12.5. The lowest BCUT2D eigenvalue weighted by Crippen LogP contribution is -2.45. The second kappa shape index (κ2) is 6.73. The van der Waals surface area contributed by atoms with Crippen LogP contribution in [0.3, 0.4) is 0 Å². The Bertz CT molecular complexity index is 374. The van der Waals surface area contributed by atoms with Gasteiger partial charge in [0.2, 0.25) is 0 Å². The van der Waals surface area contributed by atoms with E-state index < -0.39 is 5.60 Å². The Hall–Kier alpha value is -0.320. The van der Waals surface area contributed by atoms with Gasteiger partial charge in [-0.1, -0.05) is 29.3 Å². The second-order valence-corrected chi connectivity index (χ2v) is 5.85. The van der Waals surface area contributed by atoms with E-state index in [1.165, 1.54) is 0 Å². The van der Waals surface area contributed by atoms with Crippen molar-refractivity contribution in [3.8, 4) is 0 Å². The molecular formula is C13H20Cl2N2O. The second-order valence-electron chi connectivity index (χ2n) is 5.04. The van der Waals surface area contributed by atoms with Gasteiger partial charge in [0.1, 0.15) is 0 Å². The lowest BCUT2D eigenvalue weighted by atomic mass is 10.1. The number of halogens is 2. The molecule has 0 bridgehead atoms. The van der Waals surface area contributed by atoms with Crippen LogP contribution in [0.15, 0.2) is 18.2 Å². The fraction of sp³-hybridized carbons (Fsp3) is 0.538. The van der Waals surface area contributed by atoms with Gasteiger partial charge in [0.25, 0.3) is 0 Å². The summed E-state index contributed by atoms with van der Waals surface area (Å²) in [5.41, 5.74) is 0.0820. The molecule has 1 aromatic carbocycles. The number of nitrogens with zero attached hydrogens (tertiary/aromatic N) is 1. The van der Waals surface area contributed by atoms with Crippen molar-refractivity contribution in [2.75, 3.05) is 27.2 Å². The molecule has 1 unspecified atom stereocenters. The highest BCUT2D eigenvalue weighted by molar-refractivity contribution is 6.35. The number of rotatable bonds is 6. The highest BCUT2D eigenvalue weighted by Gasteiger charge is 2.20. The van der Waals surface area contributed by atoms with E-state index in [0.29, 0.717) is 29.7 Å². The van der Waals surface area contributed by atoms with E-state index in [4.69, 9.17) is 23.2 Å². The topological polar surface area (TPSA) is 35.5 Å². The lowest BCUT2D eigenvalue weighted by Gasteiger charge is -2.27. The third kappa shape index (κ3) is 5.12. The maximum atomic E-state index is 10.1. The minimum Gasteiger partial charge on any atom is -0.388 e. The van der Waals surface area contributed by atoms with E-state index in [1.54, 1.807) is 6.92 Å². The Morgan fingerprint density at radius 3 is 2.33 bits per heavy atom. The van der Waals surface area contributed by atoms with Crippen molar-refractivity contribution in [1.29, 1.82) is 0 Å². The van der Waals surface area contributed by atoms with Crippen LogP contribution in [-0.4, -0.2) is 42.8 Å². The normalized spacial score (nSPS) is 14.8. The lowest BCUT2D eigenvalue weighted by molar-refractivity contribution is 0.0336. The third-order valence-electron chi connectivity index (χ3n) is 2.53. The van der Waals surface area contributed by atoms with Crippen LogP contribution >= 0.6 is 23.2 Å². The molecule has 1 rings (SSSR count). The van der Waals surface area contributed by atoms with Crippen LogP contribution in [0.1, 0.15) is 12.5 Å². The summed E-state index contributed by atoms with van der Waals surface area (Å²) in [6.45, 7) is 3.42. The molecule has 18 heavy (non-hydrogen) atoms. The van der Waals surface area contributed by atoms with Gasteiger partial charge in [0.05, 0.1) is 5.60 Å². The Labute approximate surface area is 119 Å². The number of benzene rings is 1. The van der Waals surface area contributed by atoms with E-state index in [2.05, 4.69) is 5.32 Å². The highest BCUT2D eigenvalue weighted by atomic mass is 35.5. The summed E-state index contributed by atoms with van der Waals surface area (Å²) < 4.78 is 0. The molecule has 0 saturated heterocycles. The quantitative estimate of drug-likeness (QED) is 0.845. The van der Waals surface area contributed by atoms with Crippen molar-refractivity contribution in [1.82, 2.24) is 10.2 Å². The molecule has 102 valence electrons. The number of hydrogen-bond acceptors (Lipinski definition) is 3. The minimum atomic E-state index is -0.781. The largest absolute Gasteiger partial charge is 0.388 e. The number of nitrogens with one attached hydrogen (secondary N) is 1. The first-order chi connectivity index (χ1) is 8.32. The molecule has 0 heterocycles. The van der Waals surface area contributed by atoms with Crippen molar-refractivity contribution in [3.05, 3.63) is 33.8 Å². The summed E-state index contributed by atoms with van der Waals surface area (Å²) >= 11 is 12.1. The number of hydrogen-bond donors (Lipinski definition) is 2. The first-order valence-corrected chi connectivity index (χ1v) is 6.58. The smallest absolute Gasteiger partial charge is 0.0869 e. The molecule has 0 radical (unpaired) electrons. The van der Waals surface area contributed by atoms with Crippen molar-refractivity contribution < 1.29 is 5.11 Å². The van der Waals surface area contributed by atoms with Gasteiger partial charge in [-0.05, 0) is 33.2 Å². The summed E-state index contributed by atoms with van der Waals surface area (Å²) in [4.78, 5) is 1.95. The SMILES string of the molecule is CN(C)CC(C)(O)CNCc1c(Cl)cccc1Cl. The van der Waals surface area contributed by atoms with Gasteiger partial charge in [-0.3, -0.25) is 0 Å². The van der Waals surface area contributed by atoms with Crippen molar-refractivity contribution in [2.24, 2.45) is 0 Å². The number of aliphatic hydroxyl groups is 1. The van der Waals surface area contributed by atoms with Crippen molar-refractivity contribution in [2.45, 2.75) is 19.1 Å². The Balaban J connectivity index is 2.51. The molecule has 1 atom stereocenters. The molecule has 0 amide bonds. The predicted octanol–water partition coefficient (Wildman–Crippen LogP) is 2.40. The average molecular weight is 291 g/mol. The highest BCUT2D eigenvalue weighted by Crippen LogP contribution is 2.23. The van der Waals surface area contributed by atoms with Gasteiger partial charge in [0, 0.05) is 35.2 Å². The molecule has 2 N–H and O–H groups in total.